The third kappa shape index (κ3) is 2.99. The fourth-order valence-electron chi connectivity index (χ4n) is 3.08. The number of nitrogen functional groups attached to an aromatic ring is 1. The largest absolute Gasteiger partial charge is 0.464 e. The molecule has 0 amide bonds. The van der Waals surface area contributed by atoms with Gasteiger partial charge in [-0.05, 0) is 43.6 Å². The van der Waals surface area contributed by atoms with Gasteiger partial charge in [-0.3, -0.25) is 4.90 Å². The second kappa shape index (κ2) is 6.77. The summed E-state index contributed by atoms with van der Waals surface area (Å²) in [5, 5.41) is 9.16. The summed E-state index contributed by atoms with van der Waals surface area (Å²) in [4.78, 5) is 14.4. The Morgan fingerprint density at radius 3 is 2.54 bits per heavy atom. The Hall–Kier alpha value is -2.78. The van der Waals surface area contributed by atoms with Gasteiger partial charge >= 0.3 is 5.97 Å². The molecular weight excluding hydrogens is 304 g/mol. The van der Waals surface area contributed by atoms with Crippen LogP contribution in [0, 0.1) is 11.3 Å². The zero-order chi connectivity index (χ0) is 17.1. The Balaban J connectivity index is 1.91. The van der Waals surface area contributed by atoms with Crippen molar-refractivity contribution in [2.24, 2.45) is 0 Å². The Morgan fingerprint density at radius 2 is 1.96 bits per heavy atom. The highest BCUT2D eigenvalue weighted by Crippen LogP contribution is 2.25. The van der Waals surface area contributed by atoms with Gasteiger partial charge < -0.3 is 15.0 Å². The topological polar surface area (TPSA) is 84.3 Å². The second-order valence-corrected chi connectivity index (χ2v) is 5.93. The fraction of sp³-hybridized carbons (Fsp3) is 0.333. The Bertz CT molecular complexity index is 781. The minimum absolute atomic E-state index is 0.144. The van der Waals surface area contributed by atoms with E-state index in [4.69, 9.17) is 15.7 Å². The molecule has 0 bridgehead atoms. The number of nitrogens with two attached hydrogens (primary N) is 1. The standard InChI is InChI=1S/C18H20N4O2/c1-24-18(23)17-16(20)14(10-19)12-22(17)15-6-4-13(5-7-15)11-21-8-2-3-9-21/h4-7,12H,2-3,8-9,11,20H2,1H3. The molecule has 24 heavy (non-hydrogen) atoms. The molecule has 1 aromatic heterocycles. The van der Waals surface area contributed by atoms with Crippen molar-refractivity contribution in [2.45, 2.75) is 19.4 Å². The van der Waals surface area contributed by atoms with Crippen LogP contribution in [-0.4, -0.2) is 35.6 Å². The average molecular weight is 324 g/mol. The number of esters is 1. The smallest absolute Gasteiger partial charge is 0.357 e. The quantitative estimate of drug-likeness (QED) is 0.873. The zero-order valence-corrected chi connectivity index (χ0v) is 13.7. The highest BCUT2D eigenvalue weighted by atomic mass is 16.5. The monoisotopic (exact) mass is 324 g/mol. The highest BCUT2D eigenvalue weighted by Gasteiger charge is 2.21. The van der Waals surface area contributed by atoms with Crippen LogP contribution in [0.3, 0.4) is 0 Å². The molecule has 0 radical (unpaired) electrons. The normalized spacial score (nSPS) is 14.5. The summed E-state index contributed by atoms with van der Waals surface area (Å²) < 4.78 is 6.40. The molecule has 0 aliphatic carbocycles. The summed E-state index contributed by atoms with van der Waals surface area (Å²) in [5.74, 6) is -0.560. The second-order valence-electron chi connectivity index (χ2n) is 5.93. The van der Waals surface area contributed by atoms with E-state index in [-0.39, 0.29) is 16.9 Å². The molecule has 1 aromatic carbocycles. The number of hydrogen-bond acceptors (Lipinski definition) is 5. The van der Waals surface area contributed by atoms with Crippen molar-refractivity contribution in [1.82, 2.24) is 9.47 Å². The van der Waals surface area contributed by atoms with Gasteiger partial charge in [0, 0.05) is 18.4 Å². The minimum atomic E-state index is -0.560. The molecule has 1 aliphatic rings. The minimum Gasteiger partial charge on any atom is -0.464 e. The number of ether oxygens (including phenoxy) is 1. The van der Waals surface area contributed by atoms with Gasteiger partial charge in [0.2, 0.25) is 0 Å². The molecule has 3 rings (SSSR count). The molecule has 124 valence electrons. The first-order valence-corrected chi connectivity index (χ1v) is 7.95. The van der Waals surface area contributed by atoms with E-state index in [2.05, 4.69) is 4.90 Å². The molecule has 0 unspecified atom stereocenters. The molecule has 6 heteroatoms. The summed E-state index contributed by atoms with van der Waals surface area (Å²) in [6, 6.07) is 9.94. The molecule has 1 fully saturated rings. The van der Waals surface area contributed by atoms with Gasteiger partial charge in [0.25, 0.3) is 0 Å². The van der Waals surface area contributed by atoms with E-state index in [1.807, 2.05) is 30.3 Å². The van der Waals surface area contributed by atoms with Crippen LogP contribution in [0.15, 0.2) is 30.5 Å². The van der Waals surface area contributed by atoms with Gasteiger partial charge in [-0.2, -0.15) is 5.26 Å². The number of nitriles is 1. The van der Waals surface area contributed by atoms with Crippen molar-refractivity contribution in [1.29, 1.82) is 5.26 Å². The summed E-state index contributed by atoms with van der Waals surface area (Å²) in [6.07, 6.45) is 4.09. The molecule has 0 spiro atoms. The van der Waals surface area contributed by atoms with E-state index in [0.29, 0.717) is 0 Å². The number of carbonyl (C=O) groups excluding carboxylic acids is 1. The number of nitrogens with zero attached hydrogens (tertiary/aromatic N) is 3. The van der Waals surface area contributed by atoms with Crippen molar-refractivity contribution in [3.8, 4) is 11.8 Å². The van der Waals surface area contributed by atoms with Crippen molar-refractivity contribution in [3.05, 3.63) is 47.3 Å². The van der Waals surface area contributed by atoms with Gasteiger partial charge in [0.1, 0.15) is 6.07 Å². The molecule has 0 saturated carbocycles. The Kier molecular flexibility index (Phi) is 4.54. The molecule has 2 aromatic rings. The van der Waals surface area contributed by atoms with Crippen LogP contribution in [-0.2, 0) is 11.3 Å². The maximum atomic E-state index is 12.0. The van der Waals surface area contributed by atoms with E-state index in [1.54, 1.807) is 10.8 Å². The fourth-order valence-corrected chi connectivity index (χ4v) is 3.08. The van der Waals surface area contributed by atoms with Crippen LogP contribution in [0.25, 0.3) is 5.69 Å². The summed E-state index contributed by atoms with van der Waals surface area (Å²) in [7, 11) is 1.30. The van der Waals surface area contributed by atoms with Gasteiger partial charge in [-0.1, -0.05) is 12.1 Å². The van der Waals surface area contributed by atoms with Crippen molar-refractivity contribution < 1.29 is 9.53 Å². The SMILES string of the molecule is COC(=O)c1c(N)c(C#N)cn1-c1ccc(CN2CCCC2)cc1. The molecule has 1 aliphatic heterocycles. The first-order valence-electron chi connectivity index (χ1n) is 7.95. The maximum absolute atomic E-state index is 12.0. The van der Waals surface area contributed by atoms with Crippen molar-refractivity contribution in [2.75, 3.05) is 25.9 Å². The van der Waals surface area contributed by atoms with Crippen molar-refractivity contribution in [3.63, 3.8) is 0 Å². The molecular formula is C18H20N4O2. The Labute approximate surface area is 141 Å². The number of anilines is 1. The number of carbonyl (C=O) groups is 1. The van der Waals surface area contributed by atoms with Gasteiger partial charge in [0.05, 0.1) is 18.4 Å². The molecule has 1 saturated heterocycles. The van der Waals surface area contributed by atoms with Crippen LogP contribution in [0.4, 0.5) is 5.69 Å². The average Bonchev–Trinajstić information content (AvgIpc) is 3.22. The number of rotatable bonds is 4. The summed E-state index contributed by atoms with van der Waals surface area (Å²) >= 11 is 0. The Morgan fingerprint density at radius 1 is 1.29 bits per heavy atom. The van der Waals surface area contributed by atoms with E-state index in [1.165, 1.54) is 25.5 Å². The lowest BCUT2D eigenvalue weighted by molar-refractivity contribution is 0.0593. The van der Waals surface area contributed by atoms with Gasteiger partial charge in [0.15, 0.2) is 5.69 Å². The van der Waals surface area contributed by atoms with E-state index in [9.17, 15) is 4.79 Å². The summed E-state index contributed by atoms with van der Waals surface area (Å²) in [5.41, 5.74) is 8.50. The third-order valence-electron chi connectivity index (χ3n) is 4.36. The molecule has 0 atom stereocenters. The first-order chi connectivity index (χ1) is 11.6. The molecule has 6 nitrogen and oxygen atoms in total. The van der Waals surface area contributed by atoms with E-state index in [0.717, 1.165) is 25.3 Å². The van der Waals surface area contributed by atoms with Crippen LogP contribution >= 0.6 is 0 Å². The van der Waals surface area contributed by atoms with E-state index >= 15 is 0 Å². The number of methoxy groups -OCH3 is 1. The highest BCUT2D eigenvalue weighted by molar-refractivity contribution is 5.95. The third-order valence-corrected chi connectivity index (χ3v) is 4.36. The number of hydrogen-bond donors (Lipinski definition) is 1. The number of likely N-dealkylation sites (tertiary alicyclic amines) is 1. The van der Waals surface area contributed by atoms with Gasteiger partial charge in [-0.25, -0.2) is 4.79 Å². The number of aromatic nitrogens is 1. The lowest BCUT2D eigenvalue weighted by atomic mass is 10.2. The van der Waals surface area contributed by atoms with Gasteiger partial charge in [-0.15, -0.1) is 0 Å². The van der Waals surface area contributed by atoms with Crippen LogP contribution in [0.5, 0.6) is 0 Å². The summed E-state index contributed by atoms with van der Waals surface area (Å²) in [6.45, 7) is 3.23. The van der Waals surface area contributed by atoms with Crippen LogP contribution < -0.4 is 5.73 Å². The molecule has 2 heterocycles. The number of benzene rings is 1. The zero-order valence-electron chi connectivity index (χ0n) is 13.7. The maximum Gasteiger partial charge on any atom is 0.357 e. The predicted molar refractivity (Wildman–Crippen MR) is 90.7 cm³/mol. The predicted octanol–water partition coefficient (Wildman–Crippen LogP) is 2.31. The van der Waals surface area contributed by atoms with Crippen molar-refractivity contribution >= 4 is 11.7 Å². The molecule has 2 N–H and O–H groups in total. The lowest BCUT2D eigenvalue weighted by Gasteiger charge is -2.15. The van der Waals surface area contributed by atoms with Crippen LogP contribution in [0.2, 0.25) is 0 Å². The first kappa shape index (κ1) is 16.1. The van der Waals surface area contributed by atoms with E-state index < -0.39 is 5.97 Å². The lowest BCUT2D eigenvalue weighted by Crippen LogP contribution is -2.18. The van der Waals surface area contributed by atoms with Crippen LogP contribution in [0.1, 0.15) is 34.5 Å².